The fraction of sp³-hybridized carbons (Fsp3) is 0.462. The average molecular weight is 310 g/mol. The minimum absolute atomic E-state index is 0.0617. The molecule has 0 radical (unpaired) electrons. The van der Waals surface area contributed by atoms with E-state index in [9.17, 15) is 4.79 Å². The summed E-state index contributed by atoms with van der Waals surface area (Å²) in [6.45, 7) is 6.44. The number of thiazole rings is 2. The zero-order valence-corrected chi connectivity index (χ0v) is 13.4. The van der Waals surface area contributed by atoms with Gasteiger partial charge in [-0.3, -0.25) is 4.79 Å². The highest BCUT2D eigenvalue weighted by atomic mass is 32.1. The van der Waals surface area contributed by atoms with Crippen LogP contribution >= 0.6 is 22.7 Å². The molecule has 1 unspecified atom stereocenters. The number of nitrogens with one attached hydrogen (secondary N) is 1. The van der Waals surface area contributed by atoms with Gasteiger partial charge in [0.1, 0.15) is 5.69 Å². The van der Waals surface area contributed by atoms with Crippen molar-refractivity contribution >= 4 is 28.6 Å². The Bertz CT molecular complexity index is 605. The molecule has 1 amide bonds. The molecule has 7 heteroatoms. The number of nitrogens with two attached hydrogens (primary N) is 1. The van der Waals surface area contributed by atoms with Crippen molar-refractivity contribution in [1.82, 2.24) is 15.3 Å². The maximum absolute atomic E-state index is 12.2. The van der Waals surface area contributed by atoms with Crippen LogP contribution in [0.25, 0.3) is 0 Å². The van der Waals surface area contributed by atoms with Gasteiger partial charge in [0.05, 0.1) is 21.8 Å². The highest BCUT2D eigenvalue weighted by Gasteiger charge is 2.17. The third kappa shape index (κ3) is 3.41. The van der Waals surface area contributed by atoms with Gasteiger partial charge in [0, 0.05) is 16.7 Å². The number of aryl methyl sites for hydroxylation is 2. The highest BCUT2D eigenvalue weighted by Crippen LogP contribution is 2.24. The summed E-state index contributed by atoms with van der Waals surface area (Å²) in [6, 6.07) is -0.0617. The molecule has 2 heterocycles. The lowest BCUT2D eigenvalue weighted by Crippen LogP contribution is -2.26. The smallest absolute Gasteiger partial charge is 0.271 e. The van der Waals surface area contributed by atoms with E-state index < -0.39 is 0 Å². The first-order valence-electron chi connectivity index (χ1n) is 6.40. The number of nitrogens with zero attached hydrogens (tertiary/aromatic N) is 2. The van der Waals surface area contributed by atoms with E-state index in [2.05, 4.69) is 15.3 Å². The first-order chi connectivity index (χ1) is 9.51. The molecule has 0 saturated carbocycles. The van der Waals surface area contributed by atoms with Crippen molar-refractivity contribution in [2.75, 3.05) is 6.54 Å². The summed E-state index contributed by atoms with van der Waals surface area (Å²) in [6.07, 6.45) is 0.709. The van der Waals surface area contributed by atoms with Gasteiger partial charge < -0.3 is 11.1 Å². The normalized spacial score (nSPS) is 12.4. The van der Waals surface area contributed by atoms with Gasteiger partial charge in [-0.25, -0.2) is 9.97 Å². The summed E-state index contributed by atoms with van der Waals surface area (Å²) < 4.78 is 0. The van der Waals surface area contributed by atoms with E-state index in [1.54, 1.807) is 16.7 Å². The molecule has 5 nitrogen and oxygen atoms in total. The summed E-state index contributed by atoms with van der Waals surface area (Å²) in [4.78, 5) is 21.9. The number of amides is 1. The van der Waals surface area contributed by atoms with Crippen molar-refractivity contribution < 1.29 is 4.79 Å². The van der Waals surface area contributed by atoms with E-state index in [4.69, 9.17) is 5.73 Å². The number of aromatic nitrogens is 2. The first kappa shape index (κ1) is 15.1. The predicted octanol–water partition coefficient (Wildman–Crippen LogP) is 2.21. The quantitative estimate of drug-likeness (QED) is 0.887. The SMILES string of the molecule is Cc1nc(C)c(C(C)NC(=O)c2csc(CCN)n2)s1. The second-order valence-corrected chi connectivity index (χ2v) is 6.72. The highest BCUT2D eigenvalue weighted by molar-refractivity contribution is 7.11. The Morgan fingerprint density at radius 3 is 2.80 bits per heavy atom. The molecule has 0 fully saturated rings. The number of hydrogen-bond donors (Lipinski definition) is 2. The Morgan fingerprint density at radius 1 is 1.45 bits per heavy atom. The molecular weight excluding hydrogens is 292 g/mol. The molecule has 0 saturated heterocycles. The molecule has 20 heavy (non-hydrogen) atoms. The van der Waals surface area contributed by atoms with Gasteiger partial charge in [-0.2, -0.15) is 0 Å². The number of rotatable bonds is 5. The summed E-state index contributed by atoms with van der Waals surface area (Å²) in [5.41, 5.74) is 6.92. The summed E-state index contributed by atoms with van der Waals surface area (Å²) in [7, 11) is 0. The first-order valence-corrected chi connectivity index (χ1v) is 8.10. The number of carbonyl (C=O) groups excluding carboxylic acids is 1. The van der Waals surface area contributed by atoms with Crippen LogP contribution < -0.4 is 11.1 Å². The third-order valence-electron chi connectivity index (χ3n) is 2.82. The van der Waals surface area contributed by atoms with Crippen LogP contribution in [0.4, 0.5) is 0 Å². The van der Waals surface area contributed by atoms with E-state index in [-0.39, 0.29) is 11.9 Å². The van der Waals surface area contributed by atoms with Crippen LogP contribution in [0.1, 0.15) is 44.0 Å². The Kier molecular flexibility index (Phi) is 4.85. The molecule has 0 bridgehead atoms. The summed E-state index contributed by atoms with van der Waals surface area (Å²) in [5.74, 6) is -0.150. The largest absolute Gasteiger partial charge is 0.343 e. The van der Waals surface area contributed by atoms with E-state index in [0.717, 1.165) is 20.6 Å². The molecule has 0 aromatic carbocycles. The van der Waals surface area contributed by atoms with Crippen molar-refractivity contribution in [2.45, 2.75) is 33.2 Å². The van der Waals surface area contributed by atoms with Crippen LogP contribution in [0.2, 0.25) is 0 Å². The number of carbonyl (C=O) groups is 1. The predicted molar refractivity (Wildman–Crippen MR) is 82.3 cm³/mol. The van der Waals surface area contributed by atoms with Crippen molar-refractivity contribution in [3.8, 4) is 0 Å². The monoisotopic (exact) mass is 310 g/mol. The molecule has 3 N–H and O–H groups in total. The Morgan fingerprint density at radius 2 is 2.20 bits per heavy atom. The molecule has 0 aliphatic rings. The van der Waals surface area contributed by atoms with Gasteiger partial charge in [0.25, 0.3) is 5.91 Å². The van der Waals surface area contributed by atoms with Crippen molar-refractivity contribution in [3.05, 3.63) is 31.7 Å². The van der Waals surface area contributed by atoms with Crippen LogP contribution in [0.3, 0.4) is 0 Å². The van der Waals surface area contributed by atoms with Crippen LogP contribution in [0, 0.1) is 13.8 Å². The van der Waals surface area contributed by atoms with E-state index in [1.165, 1.54) is 11.3 Å². The lowest BCUT2D eigenvalue weighted by Gasteiger charge is -2.11. The lowest BCUT2D eigenvalue weighted by molar-refractivity contribution is 0.0936. The van der Waals surface area contributed by atoms with Gasteiger partial charge >= 0.3 is 0 Å². The van der Waals surface area contributed by atoms with Gasteiger partial charge in [-0.15, -0.1) is 22.7 Å². The minimum Gasteiger partial charge on any atom is -0.343 e. The molecular formula is C13H18N4OS2. The molecule has 2 aromatic heterocycles. The summed E-state index contributed by atoms with van der Waals surface area (Å²) >= 11 is 3.08. The maximum atomic E-state index is 12.2. The molecule has 0 aliphatic heterocycles. The maximum Gasteiger partial charge on any atom is 0.271 e. The second-order valence-electron chi connectivity index (χ2n) is 4.54. The fourth-order valence-corrected chi connectivity index (χ4v) is 3.66. The standard InChI is InChI=1S/C13H18N4OS2/c1-7-12(20-9(3)15-7)8(2)16-13(18)10-6-19-11(17-10)4-5-14/h6,8H,4-5,14H2,1-3H3,(H,16,18). The van der Waals surface area contributed by atoms with Gasteiger partial charge in [-0.1, -0.05) is 0 Å². The molecule has 0 spiro atoms. The molecule has 1 atom stereocenters. The van der Waals surface area contributed by atoms with Crippen LogP contribution in [-0.4, -0.2) is 22.4 Å². The second kappa shape index (κ2) is 6.43. The zero-order chi connectivity index (χ0) is 14.7. The van der Waals surface area contributed by atoms with Crippen LogP contribution in [-0.2, 0) is 6.42 Å². The molecule has 2 rings (SSSR count). The topological polar surface area (TPSA) is 80.9 Å². The van der Waals surface area contributed by atoms with Crippen molar-refractivity contribution in [3.63, 3.8) is 0 Å². The molecule has 0 aliphatic carbocycles. The molecule has 2 aromatic rings. The zero-order valence-electron chi connectivity index (χ0n) is 11.8. The minimum atomic E-state index is -0.150. The van der Waals surface area contributed by atoms with E-state index in [1.807, 2.05) is 20.8 Å². The number of hydrogen-bond acceptors (Lipinski definition) is 6. The van der Waals surface area contributed by atoms with Crippen molar-refractivity contribution in [2.24, 2.45) is 5.73 Å². The van der Waals surface area contributed by atoms with Gasteiger partial charge in [0.15, 0.2) is 0 Å². The Hall–Kier alpha value is -1.31. The van der Waals surface area contributed by atoms with E-state index in [0.29, 0.717) is 18.7 Å². The van der Waals surface area contributed by atoms with E-state index >= 15 is 0 Å². The van der Waals surface area contributed by atoms with Crippen LogP contribution in [0.15, 0.2) is 5.38 Å². The van der Waals surface area contributed by atoms with Gasteiger partial charge in [0.2, 0.25) is 0 Å². The Labute approximate surface area is 126 Å². The third-order valence-corrected chi connectivity index (χ3v) is 4.99. The summed E-state index contributed by atoms with van der Waals surface area (Å²) in [5, 5.41) is 6.65. The lowest BCUT2D eigenvalue weighted by atomic mass is 10.2. The fourth-order valence-electron chi connectivity index (χ4n) is 1.94. The van der Waals surface area contributed by atoms with Crippen LogP contribution in [0.5, 0.6) is 0 Å². The average Bonchev–Trinajstić information content (AvgIpc) is 2.96. The Balaban J connectivity index is 2.05. The van der Waals surface area contributed by atoms with Gasteiger partial charge in [-0.05, 0) is 27.3 Å². The molecule has 108 valence electrons. The van der Waals surface area contributed by atoms with Crippen molar-refractivity contribution in [1.29, 1.82) is 0 Å².